The summed E-state index contributed by atoms with van der Waals surface area (Å²) in [5, 5.41) is 0. The van der Waals surface area contributed by atoms with Gasteiger partial charge < -0.3 is 4.90 Å². The van der Waals surface area contributed by atoms with E-state index in [4.69, 9.17) is 0 Å². The molecular weight excluding hydrogens is 234 g/mol. The third-order valence-corrected chi connectivity index (χ3v) is 3.34. The fourth-order valence-corrected chi connectivity index (χ4v) is 2.08. The van der Waals surface area contributed by atoms with Crippen LogP contribution < -0.4 is 0 Å². The first kappa shape index (κ1) is 13.8. The van der Waals surface area contributed by atoms with Crippen LogP contribution in [0.1, 0.15) is 12.5 Å². The van der Waals surface area contributed by atoms with Gasteiger partial charge in [0.1, 0.15) is 0 Å². The number of rotatable bonds is 6. The summed E-state index contributed by atoms with van der Waals surface area (Å²) in [6.07, 6.45) is 1.12. The Hall–Kier alpha value is -1.29. The Morgan fingerprint density at radius 1 is 1.35 bits per heavy atom. The number of thioether (sulfide) groups is 1. The van der Waals surface area contributed by atoms with Crippen LogP contribution in [0.2, 0.25) is 0 Å². The summed E-state index contributed by atoms with van der Waals surface area (Å²) >= 11 is 1.81. The van der Waals surface area contributed by atoms with Gasteiger partial charge in [0.25, 0.3) is 5.91 Å². The van der Waals surface area contributed by atoms with Gasteiger partial charge in [0.15, 0.2) is 0 Å². The van der Waals surface area contributed by atoms with Gasteiger partial charge in [-0.25, -0.2) is 0 Å². The number of hydrogen-bond acceptors (Lipinski definition) is 3. The van der Waals surface area contributed by atoms with Crippen LogP contribution in [0.4, 0.5) is 0 Å². The van der Waals surface area contributed by atoms with Crippen LogP contribution in [0.15, 0.2) is 29.2 Å². The number of carbonyl (C=O) groups excluding carboxylic acids is 2. The van der Waals surface area contributed by atoms with Gasteiger partial charge in [-0.15, -0.1) is 11.8 Å². The molecule has 0 atom stereocenters. The zero-order valence-electron chi connectivity index (χ0n) is 10.2. The highest BCUT2D eigenvalue weighted by molar-refractivity contribution is 7.99. The van der Waals surface area contributed by atoms with E-state index in [9.17, 15) is 9.59 Å². The second-order valence-corrected chi connectivity index (χ2v) is 5.04. The minimum absolute atomic E-state index is 0.348. The van der Waals surface area contributed by atoms with Crippen LogP contribution >= 0.6 is 11.8 Å². The van der Waals surface area contributed by atoms with Crippen molar-refractivity contribution < 1.29 is 9.59 Å². The van der Waals surface area contributed by atoms with Crippen molar-refractivity contribution in [3.63, 3.8) is 0 Å². The molecular formula is C13H17NO2S. The Balaban J connectivity index is 2.46. The molecule has 0 heterocycles. The van der Waals surface area contributed by atoms with E-state index >= 15 is 0 Å². The van der Waals surface area contributed by atoms with Crippen molar-refractivity contribution in [2.45, 2.75) is 18.2 Å². The molecule has 4 heteroatoms. The van der Waals surface area contributed by atoms with Crippen molar-refractivity contribution in [2.75, 3.05) is 19.3 Å². The van der Waals surface area contributed by atoms with Crippen molar-refractivity contribution in [1.29, 1.82) is 0 Å². The lowest BCUT2D eigenvalue weighted by Crippen LogP contribution is -2.29. The van der Waals surface area contributed by atoms with E-state index in [2.05, 4.69) is 31.2 Å². The summed E-state index contributed by atoms with van der Waals surface area (Å²) < 4.78 is 0. The first-order chi connectivity index (χ1) is 8.17. The monoisotopic (exact) mass is 251 g/mol. The molecule has 3 nitrogen and oxygen atoms in total. The maximum atomic E-state index is 11.0. The molecule has 1 rings (SSSR count). The minimum atomic E-state index is -0.469. The highest BCUT2D eigenvalue weighted by Crippen LogP contribution is 2.17. The zero-order valence-corrected chi connectivity index (χ0v) is 11.0. The zero-order chi connectivity index (χ0) is 12.7. The molecule has 0 fully saturated rings. The molecule has 17 heavy (non-hydrogen) atoms. The molecule has 0 radical (unpaired) electrons. The molecule has 0 aliphatic heterocycles. The van der Waals surface area contributed by atoms with E-state index in [1.54, 1.807) is 18.8 Å². The molecule has 0 bridgehead atoms. The summed E-state index contributed by atoms with van der Waals surface area (Å²) in [7, 11) is 1.64. The average Bonchev–Trinajstić information content (AvgIpc) is 2.37. The highest BCUT2D eigenvalue weighted by Gasteiger charge is 2.06. The van der Waals surface area contributed by atoms with Crippen molar-refractivity contribution in [2.24, 2.45) is 0 Å². The molecule has 1 amide bonds. The number of hydrogen-bond donors (Lipinski definition) is 0. The van der Waals surface area contributed by atoms with Crippen LogP contribution in [0.5, 0.6) is 0 Å². The Labute approximate surface area is 106 Å². The van der Waals surface area contributed by atoms with Gasteiger partial charge >= 0.3 is 0 Å². The molecule has 1 aromatic carbocycles. The molecule has 1 aromatic rings. The lowest BCUT2D eigenvalue weighted by molar-refractivity contribution is -0.137. The number of likely N-dealkylation sites (N-methyl/N-ethyl adjacent to an activating group) is 1. The lowest BCUT2D eigenvalue weighted by atomic mass is 10.1. The molecule has 0 aliphatic rings. The van der Waals surface area contributed by atoms with Crippen molar-refractivity contribution in [3.05, 3.63) is 29.8 Å². The Morgan fingerprint density at radius 3 is 2.53 bits per heavy atom. The first-order valence-corrected chi connectivity index (χ1v) is 6.58. The van der Waals surface area contributed by atoms with Gasteiger partial charge in [-0.3, -0.25) is 9.59 Å². The average molecular weight is 251 g/mol. The highest BCUT2D eigenvalue weighted by atomic mass is 32.2. The number of nitrogens with zero attached hydrogens (tertiary/aromatic N) is 1. The number of carbonyl (C=O) groups is 2. The van der Waals surface area contributed by atoms with Crippen LogP contribution in [-0.2, 0) is 16.0 Å². The van der Waals surface area contributed by atoms with E-state index < -0.39 is 5.91 Å². The largest absolute Gasteiger partial charge is 0.339 e. The maximum absolute atomic E-state index is 11.0. The predicted octanol–water partition coefficient (Wildman–Crippen LogP) is 2.00. The fraction of sp³-hybridized carbons (Fsp3) is 0.385. The van der Waals surface area contributed by atoms with E-state index in [0.29, 0.717) is 12.8 Å². The van der Waals surface area contributed by atoms with Gasteiger partial charge in [0.2, 0.25) is 6.29 Å². The molecule has 0 saturated heterocycles. The first-order valence-electron chi connectivity index (χ1n) is 5.59. The van der Waals surface area contributed by atoms with Gasteiger partial charge in [-0.2, -0.15) is 0 Å². The van der Waals surface area contributed by atoms with E-state index in [-0.39, 0.29) is 0 Å². The summed E-state index contributed by atoms with van der Waals surface area (Å²) in [4.78, 5) is 24.0. The summed E-state index contributed by atoms with van der Waals surface area (Å²) in [5.41, 5.74) is 1.18. The van der Waals surface area contributed by atoms with Gasteiger partial charge in [-0.1, -0.05) is 19.1 Å². The third-order valence-electron chi connectivity index (χ3n) is 2.45. The van der Waals surface area contributed by atoms with Gasteiger partial charge in [0, 0.05) is 18.5 Å². The van der Waals surface area contributed by atoms with Crippen molar-refractivity contribution >= 4 is 24.0 Å². The maximum Gasteiger partial charge on any atom is 0.286 e. The van der Waals surface area contributed by atoms with Gasteiger partial charge in [-0.05, 0) is 29.9 Å². The molecule has 0 aliphatic carbocycles. The van der Waals surface area contributed by atoms with Crippen LogP contribution in [0, 0.1) is 0 Å². The summed E-state index contributed by atoms with van der Waals surface area (Å²) in [6.45, 7) is 2.69. The minimum Gasteiger partial charge on any atom is -0.339 e. The molecule has 0 spiro atoms. The van der Waals surface area contributed by atoms with E-state index in [1.165, 1.54) is 15.4 Å². The Morgan fingerprint density at radius 2 is 2.00 bits per heavy atom. The normalized spacial score (nSPS) is 10.0. The molecule has 0 aromatic heterocycles. The van der Waals surface area contributed by atoms with E-state index in [0.717, 1.165) is 12.2 Å². The van der Waals surface area contributed by atoms with Crippen molar-refractivity contribution in [1.82, 2.24) is 4.90 Å². The topological polar surface area (TPSA) is 37.4 Å². The van der Waals surface area contributed by atoms with Crippen LogP contribution in [0.3, 0.4) is 0 Å². The predicted molar refractivity (Wildman–Crippen MR) is 70.2 cm³/mol. The molecule has 0 unspecified atom stereocenters. The van der Waals surface area contributed by atoms with Crippen molar-refractivity contribution in [3.8, 4) is 0 Å². The lowest BCUT2D eigenvalue weighted by Gasteiger charge is -2.13. The molecule has 0 N–H and O–H groups in total. The van der Waals surface area contributed by atoms with Gasteiger partial charge in [0.05, 0.1) is 0 Å². The van der Waals surface area contributed by atoms with Crippen LogP contribution in [-0.4, -0.2) is 36.4 Å². The number of amides is 1. The van der Waals surface area contributed by atoms with E-state index in [1.807, 2.05) is 0 Å². The number of aldehydes is 1. The number of benzene rings is 1. The smallest absolute Gasteiger partial charge is 0.286 e. The summed E-state index contributed by atoms with van der Waals surface area (Å²) in [6, 6.07) is 8.31. The van der Waals surface area contributed by atoms with Crippen LogP contribution in [0.25, 0.3) is 0 Å². The third kappa shape index (κ3) is 4.61. The second-order valence-electron chi connectivity index (χ2n) is 3.70. The Bertz CT molecular complexity index is 376. The standard InChI is InChI=1S/C13H17NO2S/c1-3-17-12-6-4-11(5-7-12)8-9-14(2)13(16)10-15/h4-7,10H,3,8-9H2,1-2H3. The fourth-order valence-electron chi connectivity index (χ4n) is 1.42. The quantitative estimate of drug-likeness (QED) is 0.441. The summed E-state index contributed by atoms with van der Waals surface area (Å²) in [5.74, 6) is 0.596. The molecule has 0 saturated carbocycles. The SMILES string of the molecule is CCSc1ccc(CCN(C)C(=O)C=O)cc1. The molecule has 92 valence electrons. The Kier molecular flexibility index (Phi) is 5.77. The second kappa shape index (κ2) is 7.12.